The third-order valence-electron chi connectivity index (χ3n) is 7.28. The summed E-state index contributed by atoms with van der Waals surface area (Å²) in [6, 6.07) is 0. The predicted molar refractivity (Wildman–Crippen MR) is 135 cm³/mol. The van der Waals surface area contributed by atoms with Crippen LogP contribution in [-0.4, -0.2) is 58.9 Å². The molecule has 35 heavy (non-hydrogen) atoms. The Bertz CT molecular complexity index is 849. The summed E-state index contributed by atoms with van der Waals surface area (Å²) in [7, 11) is 0. The average Bonchev–Trinajstić information content (AvgIpc) is 3.38. The van der Waals surface area contributed by atoms with Crippen molar-refractivity contribution in [3.8, 4) is 0 Å². The lowest BCUT2D eigenvalue weighted by Gasteiger charge is -2.28. The monoisotopic (exact) mass is 484 g/mol. The molecule has 0 radical (unpaired) electrons. The summed E-state index contributed by atoms with van der Waals surface area (Å²) in [4.78, 5) is 12.6. The number of rotatable bonds is 3. The van der Waals surface area contributed by atoms with Gasteiger partial charge in [0.25, 0.3) is 0 Å². The van der Waals surface area contributed by atoms with Gasteiger partial charge in [-0.25, -0.2) is 4.79 Å². The maximum Gasteiger partial charge on any atom is 0.330 e. The highest BCUT2D eigenvalue weighted by molar-refractivity contribution is 5.82. The Morgan fingerprint density at radius 1 is 1.06 bits per heavy atom. The first-order valence-corrected chi connectivity index (χ1v) is 13.1. The molecule has 0 amide bonds. The SMILES string of the molecule is C=C1C[C@H](C)C[C@@H]2CC=C[C@@H](C/C=C\C(=O)O[C@H]([C@@H](O)/C=C/C3CC=CC3)C[C@@H]3O[C@H]3[C@@H](O)C1)O2. The number of epoxide rings is 1. The Hall–Kier alpha value is -1.99. The highest BCUT2D eigenvalue weighted by Crippen LogP contribution is 2.35. The van der Waals surface area contributed by atoms with Crippen molar-refractivity contribution in [1.29, 1.82) is 0 Å². The van der Waals surface area contributed by atoms with Crippen LogP contribution >= 0.6 is 0 Å². The predicted octanol–water partition coefficient (Wildman–Crippen LogP) is 4.34. The molecule has 0 unspecified atom stereocenters. The van der Waals surface area contributed by atoms with Crippen LogP contribution in [0.2, 0.25) is 0 Å². The van der Waals surface area contributed by atoms with E-state index in [9.17, 15) is 15.0 Å². The Labute approximate surface area is 209 Å². The maximum atomic E-state index is 12.6. The van der Waals surface area contributed by atoms with Gasteiger partial charge in [0.15, 0.2) is 0 Å². The van der Waals surface area contributed by atoms with Crippen LogP contribution in [0.3, 0.4) is 0 Å². The molecule has 2 N–H and O–H groups in total. The molecule has 3 heterocycles. The van der Waals surface area contributed by atoms with E-state index in [1.54, 1.807) is 12.2 Å². The third kappa shape index (κ3) is 8.01. The van der Waals surface area contributed by atoms with Crippen LogP contribution in [0.5, 0.6) is 0 Å². The Kier molecular flexibility index (Phi) is 9.17. The highest BCUT2D eigenvalue weighted by atomic mass is 16.6. The van der Waals surface area contributed by atoms with Crippen molar-refractivity contribution in [2.45, 2.75) is 101 Å². The van der Waals surface area contributed by atoms with E-state index in [1.807, 2.05) is 12.2 Å². The van der Waals surface area contributed by atoms with Gasteiger partial charge in [0.1, 0.15) is 18.3 Å². The van der Waals surface area contributed by atoms with Crippen LogP contribution < -0.4 is 0 Å². The van der Waals surface area contributed by atoms with E-state index < -0.39 is 24.3 Å². The van der Waals surface area contributed by atoms with Crippen molar-refractivity contribution in [3.05, 3.63) is 60.8 Å². The second-order valence-electron chi connectivity index (χ2n) is 10.6. The van der Waals surface area contributed by atoms with Gasteiger partial charge in [0.2, 0.25) is 0 Å². The third-order valence-corrected chi connectivity index (χ3v) is 7.28. The second kappa shape index (κ2) is 12.3. The molecule has 1 aliphatic carbocycles. The van der Waals surface area contributed by atoms with Gasteiger partial charge in [-0.15, -0.1) is 0 Å². The number of hydrogen-bond acceptors (Lipinski definition) is 6. The Balaban J connectivity index is 1.44. The van der Waals surface area contributed by atoms with Crippen molar-refractivity contribution < 1.29 is 29.2 Å². The number of hydrogen-bond donors (Lipinski definition) is 2. The molecule has 4 aliphatic rings. The van der Waals surface area contributed by atoms with E-state index in [0.717, 1.165) is 37.7 Å². The van der Waals surface area contributed by atoms with Gasteiger partial charge >= 0.3 is 5.97 Å². The number of carbonyl (C=O) groups is 1. The van der Waals surface area contributed by atoms with Crippen molar-refractivity contribution in [2.24, 2.45) is 11.8 Å². The fraction of sp³-hybridized carbons (Fsp3) is 0.621. The van der Waals surface area contributed by atoms with Gasteiger partial charge in [-0.2, -0.15) is 0 Å². The zero-order chi connectivity index (χ0) is 24.8. The molecule has 0 spiro atoms. The zero-order valence-electron chi connectivity index (χ0n) is 20.7. The largest absolute Gasteiger partial charge is 0.456 e. The van der Waals surface area contributed by atoms with Crippen LogP contribution in [-0.2, 0) is 19.0 Å². The fourth-order valence-corrected chi connectivity index (χ4v) is 5.38. The minimum Gasteiger partial charge on any atom is -0.456 e. The van der Waals surface area contributed by atoms with Gasteiger partial charge in [0.05, 0.1) is 24.4 Å². The van der Waals surface area contributed by atoms with E-state index in [1.165, 1.54) is 6.08 Å². The van der Waals surface area contributed by atoms with Crippen LogP contribution in [0.1, 0.15) is 58.3 Å². The molecular weight excluding hydrogens is 444 g/mol. The van der Waals surface area contributed by atoms with Gasteiger partial charge in [0, 0.05) is 12.5 Å². The average molecular weight is 485 g/mol. The standard InChI is InChI=1S/C29H40O6/c1-19-15-20(2)17-25(31)29-27(35-29)18-26(24(30)14-13-21-7-3-4-8-21)34-28(32)12-6-10-22-9-5-11-23(16-19)33-22/h3-6,9,12-14,19,21-27,29-31H,2,7-8,10-11,15-18H2,1H3/b12-6-,14-13+/t19-,22-,23-,24-,25-,26-,27-,29-/m0/s1. The summed E-state index contributed by atoms with van der Waals surface area (Å²) in [6.45, 7) is 6.39. The van der Waals surface area contributed by atoms with E-state index in [0.29, 0.717) is 31.1 Å². The number of esters is 1. The topological polar surface area (TPSA) is 88.5 Å². The molecule has 3 aliphatic heterocycles. The molecule has 192 valence electrons. The number of allylic oxidation sites excluding steroid dienone is 3. The molecule has 1 fully saturated rings. The molecule has 1 saturated heterocycles. The minimum absolute atomic E-state index is 0.0705. The normalized spacial score (nSPS) is 39.0. The number of aliphatic hydroxyl groups excluding tert-OH is 2. The first-order valence-electron chi connectivity index (χ1n) is 13.1. The molecule has 0 aromatic rings. The lowest BCUT2D eigenvalue weighted by atomic mass is 9.91. The summed E-state index contributed by atoms with van der Waals surface area (Å²) in [5.41, 5.74) is 1.00. The van der Waals surface area contributed by atoms with E-state index in [4.69, 9.17) is 14.2 Å². The van der Waals surface area contributed by atoms with E-state index >= 15 is 0 Å². The molecule has 0 saturated carbocycles. The lowest BCUT2D eigenvalue weighted by Crippen LogP contribution is -2.32. The number of ether oxygens (including phenoxy) is 3. The molecule has 0 aromatic carbocycles. The molecule has 0 aromatic heterocycles. The van der Waals surface area contributed by atoms with Crippen molar-refractivity contribution in [1.82, 2.24) is 0 Å². The van der Waals surface area contributed by atoms with Crippen molar-refractivity contribution in [2.75, 3.05) is 0 Å². The maximum absolute atomic E-state index is 12.6. The first kappa shape index (κ1) is 26.1. The van der Waals surface area contributed by atoms with Gasteiger partial charge in [-0.05, 0) is 56.8 Å². The summed E-state index contributed by atoms with van der Waals surface area (Å²) in [5, 5.41) is 21.5. The molecule has 8 atom stereocenters. The van der Waals surface area contributed by atoms with Crippen molar-refractivity contribution >= 4 is 5.97 Å². The summed E-state index contributed by atoms with van der Waals surface area (Å²) >= 11 is 0. The highest BCUT2D eigenvalue weighted by Gasteiger charge is 2.46. The molecule has 6 nitrogen and oxygen atoms in total. The molecule has 4 rings (SSSR count). The molecule has 6 heteroatoms. The number of fused-ring (bicyclic) bond motifs is 3. The van der Waals surface area contributed by atoms with Gasteiger partial charge < -0.3 is 24.4 Å². The van der Waals surface area contributed by atoms with Crippen molar-refractivity contribution in [3.63, 3.8) is 0 Å². The van der Waals surface area contributed by atoms with Crippen LogP contribution in [0.25, 0.3) is 0 Å². The number of aliphatic hydroxyl groups is 2. The summed E-state index contributed by atoms with van der Waals surface area (Å²) in [6.07, 6.45) is 18.4. The van der Waals surface area contributed by atoms with E-state index in [-0.39, 0.29) is 24.4 Å². The summed E-state index contributed by atoms with van der Waals surface area (Å²) < 4.78 is 17.6. The first-order chi connectivity index (χ1) is 16.9. The van der Waals surface area contributed by atoms with Gasteiger partial charge in [-0.1, -0.05) is 61.6 Å². The van der Waals surface area contributed by atoms with Crippen LogP contribution in [0, 0.1) is 11.8 Å². The Morgan fingerprint density at radius 2 is 1.86 bits per heavy atom. The zero-order valence-corrected chi connectivity index (χ0v) is 20.7. The molecular formula is C29H40O6. The lowest BCUT2D eigenvalue weighted by molar-refractivity contribution is -0.148. The fourth-order valence-electron chi connectivity index (χ4n) is 5.38. The van der Waals surface area contributed by atoms with E-state index in [2.05, 4.69) is 31.7 Å². The number of carbonyl (C=O) groups excluding carboxylic acids is 1. The summed E-state index contributed by atoms with van der Waals surface area (Å²) in [5.74, 6) is 0.266. The minimum atomic E-state index is -0.943. The molecule has 2 bridgehead atoms. The quantitative estimate of drug-likeness (QED) is 0.352. The smallest absolute Gasteiger partial charge is 0.330 e. The van der Waals surface area contributed by atoms with Crippen LogP contribution in [0.15, 0.2) is 60.8 Å². The number of cyclic esters (lactones) is 1. The van der Waals surface area contributed by atoms with Crippen LogP contribution in [0.4, 0.5) is 0 Å². The van der Waals surface area contributed by atoms with Gasteiger partial charge in [-0.3, -0.25) is 0 Å². The second-order valence-corrected chi connectivity index (χ2v) is 10.6. The Morgan fingerprint density at radius 3 is 2.66 bits per heavy atom.